The molecule has 2 N–H and O–H groups in total. The van der Waals surface area contributed by atoms with Crippen LogP contribution in [-0.2, 0) is 10.2 Å². The van der Waals surface area contributed by atoms with Crippen LogP contribution in [-0.4, -0.2) is 24.2 Å². The molecule has 20 heavy (non-hydrogen) atoms. The smallest absolute Gasteiger partial charge is 0.335 e. The molecule has 0 atom stereocenters. The van der Waals surface area contributed by atoms with Crippen LogP contribution in [0.1, 0.15) is 44.2 Å². The van der Waals surface area contributed by atoms with Crippen LogP contribution in [0.2, 0.25) is 0 Å². The van der Waals surface area contributed by atoms with Gasteiger partial charge in [0.1, 0.15) is 0 Å². The Morgan fingerprint density at radius 3 is 2.50 bits per heavy atom. The predicted molar refractivity (Wildman–Crippen MR) is 81.8 cm³/mol. The van der Waals surface area contributed by atoms with E-state index in [0.717, 1.165) is 37.9 Å². The van der Waals surface area contributed by atoms with Gasteiger partial charge in [0, 0.05) is 5.41 Å². The molecule has 1 aromatic carbocycles. The third-order valence-electron chi connectivity index (χ3n) is 4.28. The molecule has 0 saturated carbocycles. The lowest BCUT2D eigenvalue weighted by molar-refractivity contribution is -0.130. The molecule has 1 heterocycles. The summed E-state index contributed by atoms with van der Waals surface area (Å²) in [7, 11) is 0. The van der Waals surface area contributed by atoms with Crippen molar-refractivity contribution in [2.75, 3.05) is 13.1 Å². The lowest BCUT2D eigenvalue weighted by Gasteiger charge is -2.41. The fourth-order valence-electron chi connectivity index (χ4n) is 3.28. The maximum Gasteiger partial charge on any atom is 0.335 e. The second-order valence-electron chi connectivity index (χ2n) is 5.20. The van der Waals surface area contributed by atoms with E-state index < -0.39 is 5.97 Å². The number of nitrogens with one attached hydrogen (secondary N) is 1. The van der Waals surface area contributed by atoms with Gasteiger partial charge in [-0.2, -0.15) is 0 Å². The van der Waals surface area contributed by atoms with Crippen molar-refractivity contribution < 1.29 is 9.90 Å². The number of hydrogen-bond donors (Lipinski definition) is 2. The number of hydrogen-bond acceptors (Lipinski definition) is 2. The maximum atomic E-state index is 11.3. The van der Waals surface area contributed by atoms with E-state index in [4.69, 9.17) is 0 Å². The lowest BCUT2D eigenvalue weighted by Crippen LogP contribution is -2.41. The van der Waals surface area contributed by atoms with Gasteiger partial charge in [0.05, 0.1) is 5.57 Å². The zero-order valence-electron chi connectivity index (χ0n) is 12.3. The SMILES string of the molecule is CC.O=C(O)C1=CCC2(CCNCC2)c2ccccc21. The van der Waals surface area contributed by atoms with Crippen LogP contribution in [0.25, 0.3) is 5.57 Å². The number of carboxylic acid groups (broad SMARTS) is 1. The van der Waals surface area contributed by atoms with E-state index in [1.807, 2.05) is 38.1 Å². The van der Waals surface area contributed by atoms with E-state index in [-0.39, 0.29) is 5.41 Å². The van der Waals surface area contributed by atoms with Crippen LogP contribution in [0, 0.1) is 0 Å². The van der Waals surface area contributed by atoms with Crippen molar-refractivity contribution in [3.8, 4) is 0 Å². The van der Waals surface area contributed by atoms with Crippen LogP contribution in [0.15, 0.2) is 30.3 Å². The largest absolute Gasteiger partial charge is 0.478 e. The van der Waals surface area contributed by atoms with Crippen molar-refractivity contribution in [2.45, 2.75) is 38.5 Å². The minimum Gasteiger partial charge on any atom is -0.478 e. The van der Waals surface area contributed by atoms with Gasteiger partial charge < -0.3 is 10.4 Å². The molecule has 3 rings (SSSR count). The number of benzene rings is 1. The highest BCUT2D eigenvalue weighted by Gasteiger charge is 2.38. The summed E-state index contributed by atoms with van der Waals surface area (Å²) in [6.07, 6.45) is 4.95. The molecular weight excluding hydrogens is 250 g/mol. The first-order valence-corrected chi connectivity index (χ1v) is 7.47. The van der Waals surface area contributed by atoms with Gasteiger partial charge in [-0.25, -0.2) is 4.79 Å². The Bertz CT molecular complexity index is 513. The Labute approximate surface area is 120 Å². The van der Waals surface area contributed by atoms with Crippen molar-refractivity contribution >= 4 is 11.5 Å². The van der Waals surface area contributed by atoms with Gasteiger partial charge in [-0.3, -0.25) is 0 Å². The van der Waals surface area contributed by atoms with E-state index in [1.54, 1.807) is 0 Å². The molecule has 0 radical (unpaired) electrons. The molecule has 3 heteroatoms. The highest BCUT2D eigenvalue weighted by atomic mass is 16.4. The summed E-state index contributed by atoms with van der Waals surface area (Å²) < 4.78 is 0. The Kier molecular flexibility index (Phi) is 4.61. The molecule has 1 saturated heterocycles. The molecule has 1 aliphatic carbocycles. The van der Waals surface area contributed by atoms with Gasteiger partial charge in [-0.15, -0.1) is 0 Å². The quantitative estimate of drug-likeness (QED) is 0.826. The average Bonchev–Trinajstić information content (AvgIpc) is 2.50. The molecule has 108 valence electrons. The lowest BCUT2D eigenvalue weighted by atomic mass is 9.66. The Morgan fingerprint density at radius 1 is 1.20 bits per heavy atom. The molecule has 1 spiro atoms. The van der Waals surface area contributed by atoms with Gasteiger partial charge in [-0.1, -0.05) is 44.2 Å². The number of piperidine rings is 1. The zero-order valence-corrected chi connectivity index (χ0v) is 12.3. The summed E-state index contributed by atoms with van der Waals surface area (Å²) in [6, 6.07) is 8.00. The molecule has 0 bridgehead atoms. The maximum absolute atomic E-state index is 11.3. The van der Waals surface area contributed by atoms with Crippen molar-refractivity contribution in [3.05, 3.63) is 41.5 Å². The first-order chi connectivity index (χ1) is 9.73. The van der Waals surface area contributed by atoms with Crippen molar-refractivity contribution in [2.24, 2.45) is 0 Å². The minimum absolute atomic E-state index is 0.154. The number of rotatable bonds is 1. The summed E-state index contributed by atoms with van der Waals surface area (Å²) in [5.41, 5.74) is 2.76. The molecule has 1 fully saturated rings. The average molecular weight is 273 g/mol. The Hall–Kier alpha value is -1.61. The van der Waals surface area contributed by atoms with Gasteiger partial charge in [0.2, 0.25) is 0 Å². The Balaban J connectivity index is 0.000000704. The van der Waals surface area contributed by atoms with E-state index in [9.17, 15) is 9.90 Å². The number of fused-ring (bicyclic) bond motifs is 2. The summed E-state index contributed by atoms with van der Waals surface area (Å²) in [5, 5.41) is 12.7. The predicted octanol–water partition coefficient (Wildman–Crippen LogP) is 3.21. The van der Waals surface area contributed by atoms with E-state index in [1.165, 1.54) is 5.56 Å². The van der Waals surface area contributed by atoms with Crippen LogP contribution >= 0.6 is 0 Å². The number of carbonyl (C=O) groups is 1. The zero-order chi connectivity index (χ0) is 14.6. The van der Waals surface area contributed by atoms with Crippen molar-refractivity contribution in [1.29, 1.82) is 0 Å². The van der Waals surface area contributed by atoms with Crippen LogP contribution in [0.3, 0.4) is 0 Å². The third-order valence-corrected chi connectivity index (χ3v) is 4.28. The van der Waals surface area contributed by atoms with Crippen molar-refractivity contribution in [3.63, 3.8) is 0 Å². The van der Waals surface area contributed by atoms with Gasteiger partial charge in [-0.05, 0) is 43.5 Å². The van der Waals surface area contributed by atoms with Crippen molar-refractivity contribution in [1.82, 2.24) is 5.32 Å². The monoisotopic (exact) mass is 273 g/mol. The highest BCUT2D eigenvalue weighted by molar-refractivity contribution is 6.16. The Morgan fingerprint density at radius 2 is 1.85 bits per heavy atom. The molecule has 0 amide bonds. The van der Waals surface area contributed by atoms with Gasteiger partial charge in [0.15, 0.2) is 0 Å². The summed E-state index contributed by atoms with van der Waals surface area (Å²) in [5.74, 6) is -0.814. The number of aliphatic carboxylic acids is 1. The standard InChI is InChI=1S/C15H17NO2.C2H6/c17-14(18)12-5-6-15(7-9-16-10-8-15)13-4-2-1-3-11(12)13;1-2/h1-5,16H,6-10H2,(H,17,18);1-2H3. The van der Waals surface area contributed by atoms with Crippen LogP contribution < -0.4 is 5.32 Å². The molecule has 2 aliphatic rings. The summed E-state index contributed by atoms with van der Waals surface area (Å²) >= 11 is 0. The molecule has 1 aromatic rings. The van der Waals surface area contributed by atoms with Crippen LogP contribution in [0.5, 0.6) is 0 Å². The number of allylic oxidation sites excluding steroid dienone is 1. The molecule has 0 aromatic heterocycles. The summed E-state index contributed by atoms with van der Waals surface area (Å²) in [6.45, 7) is 6.04. The minimum atomic E-state index is -0.814. The third kappa shape index (κ3) is 2.50. The molecule has 3 nitrogen and oxygen atoms in total. The van der Waals surface area contributed by atoms with Crippen LogP contribution in [0.4, 0.5) is 0 Å². The second-order valence-corrected chi connectivity index (χ2v) is 5.20. The highest BCUT2D eigenvalue weighted by Crippen LogP contribution is 2.44. The summed E-state index contributed by atoms with van der Waals surface area (Å²) in [4.78, 5) is 11.3. The van der Waals surface area contributed by atoms with E-state index in [0.29, 0.717) is 5.57 Å². The fraction of sp³-hybridized carbons (Fsp3) is 0.471. The van der Waals surface area contributed by atoms with Gasteiger partial charge in [0.25, 0.3) is 0 Å². The van der Waals surface area contributed by atoms with E-state index >= 15 is 0 Å². The van der Waals surface area contributed by atoms with E-state index in [2.05, 4.69) is 11.4 Å². The number of carboxylic acids is 1. The second kappa shape index (κ2) is 6.23. The van der Waals surface area contributed by atoms with Gasteiger partial charge >= 0.3 is 5.97 Å². The fourth-order valence-corrected chi connectivity index (χ4v) is 3.28. The first-order valence-electron chi connectivity index (χ1n) is 7.47. The molecular formula is C17H23NO2. The normalized spacial score (nSPS) is 19.4. The molecule has 0 unspecified atom stereocenters. The molecule has 1 aliphatic heterocycles. The topological polar surface area (TPSA) is 49.3 Å². The first kappa shape index (κ1) is 14.8.